The van der Waals surface area contributed by atoms with Crippen molar-refractivity contribution in [2.75, 3.05) is 0 Å². The summed E-state index contributed by atoms with van der Waals surface area (Å²) in [7, 11) is -1.77. The van der Waals surface area contributed by atoms with Crippen LogP contribution in [0.15, 0.2) is 24.3 Å². The maximum atomic E-state index is 12.6. The van der Waals surface area contributed by atoms with Crippen LogP contribution < -0.4 is 0 Å². The molecule has 0 fully saturated rings. The third-order valence-electron chi connectivity index (χ3n) is 3.30. The third kappa shape index (κ3) is 4.59. The van der Waals surface area contributed by atoms with Crippen LogP contribution in [0.4, 0.5) is 0 Å². The van der Waals surface area contributed by atoms with E-state index >= 15 is 0 Å². The zero-order chi connectivity index (χ0) is 14.6. The van der Waals surface area contributed by atoms with E-state index in [2.05, 4.69) is 19.6 Å². The predicted molar refractivity (Wildman–Crippen MR) is 82.8 cm³/mol. The largest absolute Gasteiger partial charge is 0.404 e. The van der Waals surface area contributed by atoms with E-state index < -0.39 is 14.4 Å². The van der Waals surface area contributed by atoms with Gasteiger partial charge in [-0.05, 0) is 44.1 Å². The number of hydrogen-bond donors (Lipinski definition) is 0. The summed E-state index contributed by atoms with van der Waals surface area (Å²) >= 11 is 0. The Labute approximate surface area is 118 Å². The normalized spacial score (nSPS) is 15.1. The van der Waals surface area contributed by atoms with Crippen molar-refractivity contribution in [1.29, 1.82) is 0 Å². The molecule has 0 aliphatic carbocycles. The molecule has 0 heterocycles. The molecule has 2 atom stereocenters. The third-order valence-corrected chi connectivity index (χ3v) is 4.24. The van der Waals surface area contributed by atoms with Gasteiger partial charge in [-0.25, -0.2) is 0 Å². The van der Waals surface area contributed by atoms with Crippen molar-refractivity contribution in [2.45, 2.75) is 52.9 Å². The van der Waals surface area contributed by atoms with Crippen LogP contribution in [0.1, 0.15) is 37.5 Å². The van der Waals surface area contributed by atoms with Gasteiger partial charge in [0.15, 0.2) is 14.1 Å². The molecule has 0 saturated heterocycles. The topological polar surface area (TPSA) is 26.3 Å². The first-order chi connectivity index (χ1) is 8.76. The lowest BCUT2D eigenvalue weighted by Crippen LogP contribution is -2.33. The number of ketones is 1. The second kappa shape index (κ2) is 6.48. The van der Waals surface area contributed by atoms with E-state index in [0.717, 1.165) is 17.5 Å². The molecule has 1 aromatic rings. The minimum Gasteiger partial charge on any atom is -0.404 e. The number of rotatable bonds is 6. The van der Waals surface area contributed by atoms with E-state index in [1.807, 2.05) is 45.0 Å². The van der Waals surface area contributed by atoms with Gasteiger partial charge in [0.05, 0.1) is 0 Å². The summed E-state index contributed by atoms with van der Waals surface area (Å²) in [5.41, 5.74) is 2.15. The fourth-order valence-electron chi connectivity index (χ4n) is 1.97. The van der Waals surface area contributed by atoms with Gasteiger partial charge in [0.2, 0.25) is 0 Å². The van der Waals surface area contributed by atoms with Gasteiger partial charge in [0, 0.05) is 5.92 Å². The molecule has 0 amide bonds. The summed E-state index contributed by atoms with van der Waals surface area (Å²) < 4.78 is 6.18. The fraction of sp³-hybridized carbons (Fsp3) is 0.562. The molecule has 2 nitrogen and oxygen atoms in total. The van der Waals surface area contributed by atoms with Gasteiger partial charge >= 0.3 is 0 Å². The quantitative estimate of drug-likeness (QED) is 0.716. The predicted octanol–water partition coefficient (Wildman–Crippen LogP) is 4.50. The van der Waals surface area contributed by atoms with Crippen molar-refractivity contribution >= 4 is 14.1 Å². The Kier molecular flexibility index (Phi) is 5.50. The van der Waals surface area contributed by atoms with Crippen LogP contribution >= 0.6 is 0 Å². The summed E-state index contributed by atoms with van der Waals surface area (Å²) in [6, 6.07) is 8.03. The van der Waals surface area contributed by atoms with Crippen LogP contribution in [-0.4, -0.2) is 14.1 Å². The number of benzene rings is 1. The van der Waals surface area contributed by atoms with E-state index in [1.165, 1.54) is 0 Å². The lowest BCUT2D eigenvalue weighted by Gasteiger charge is -2.28. The molecular formula is C16H26O2Si. The maximum Gasteiger partial charge on any atom is 0.185 e. The summed E-state index contributed by atoms with van der Waals surface area (Å²) in [4.78, 5) is 12.6. The Balaban J connectivity index is 3.13. The Morgan fingerprint density at radius 3 is 2.32 bits per heavy atom. The van der Waals surface area contributed by atoms with E-state index in [4.69, 9.17) is 4.43 Å². The van der Waals surface area contributed by atoms with Crippen molar-refractivity contribution in [1.82, 2.24) is 0 Å². The van der Waals surface area contributed by atoms with E-state index in [0.29, 0.717) is 0 Å². The van der Waals surface area contributed by atoms with E-state index in [-0.39, 0.29) is 11.7 Å². The molecule has 1 rings (SSSR count). The molecule has 0 radical (unpaired) electrons. The lowest BCUT2D eigenvalue weighted by atomic mass is 9.93. The molecule has 0 N–H and O–H groups in total. The minimum absolute atomic E-state index is 0.0426. The number of Topliss-reactive ketones (excluding diaryl/α,β-unsaturated/α-hetero) is 1. The SMILES string of the molecule is CCC(C)C(=O)C(O[Si](C)(C)C)c1ccccc1C. The monoisotopic (exact) mass is 278 g/mol. The highest BCUT2D eigenvalue weighted by molar-refractivity contribution is 6.69. The average molecular weight is 278 g/mol. The second-order valence-corrected chi connectivity index (χ2v) is 10.6. The highest BCUT2D eigenvalue weighted by Crippen LogP contribution is 2.29. The molecule has 0 aromatic heterocycles. The Hall–Kier alpha value is -0.933. The Bertz CT molecular complexity index is 435. The van der Waals surface area contributed by atoms with Gasteiger partial charge in [-0.1, -0.05) is 38.1 Å². The van der Waals surface area contributed by atoms with Crippen molar-refractivity contribution < 1.29 is 9.22 Å². The first-order valence-electron chi connectivity index (χ1n) is 7.03. The summed E-state index contributed by atoms with van der Waals surface area (Å²) in [6.45, 7) is 12.5. The lowest BCUT2D eigenvalue weighted by molar-refractivity contribution is -0.130. The van der Waals surface area contributed by atoms with Gasteiger partial charge < -0.3 is 4.43 Å². The Morgan fingerprint density at radius 2 is 1.84 bits per heavy atom. The molecular weight excluding hydrogens is 252 g/mol. The molecule has 0 aliphatic heterocycles. The molecule has 2 unspecified atom stereocenters. The van der Waals surface area contributed by atoms with Crippen LogP contribution in [0.2, 0.25) is 19.6 Å². The van der Waals surface area contributed by atoms with Gasteiger partial charge in [0.25, 0.3) is 0 Å². The first-order valence-corrected chi connectivity index (χ1v) is 10.4. The Morgan fingerprint density at radius 1 is 1.26 bits per heavy atom. The van der Waals surface area contributed by atoms with Crippen LogP contribution in [0, 0.1) is 12.8 Å². The van der Waals surface area contributed by atoms with Gasteiger partial charge in [-0.15, -0.1) is 0 Å². The first kappa shape index (κ1) is 16.1. The van der Waals surface area contributed by atoms with Crippen molar-refractivity contribution in [3.05, 3.63) is 35.4 Å². The second-order valence-electron chi connectivity index (χ2n) is 6.18. The van der Waals surface area contributed by atoms with Gasteiger partial charge in [0.1, 0.15) is 6.10 Å². The average Bonchev–Trinajstić information content (AvgIpc) is 2.34. The number of aryl methyl sites for hydroxylation is 1. The molecule has 0 bridgehead atoms. The highest BCUT2D eigenvalue weighted by atomic mass is 28.4. The molecule has 1 aromatic carbocycles. The van der Waals surface area contributed by atoms with Crippen LogP contribution in [0.3, 0.4) is 0 Å². The van der Waals surface area contributed by atoms with Crippen molar-refractivity contribution in [2.24, 2.45) is 5.92 Å². The molecule has 0 aliphatic rings. The summed E-state index contributed by atoms with van der Waals surface area (Å²) in [5, 5.41) is 0. The van der Waals surface area contributed by atoms with Crippen LogP contribution in [0.5, 0.6) is 0 Å². The summed E-state index contributed by atoms with van der Waals surface area (Å²) in [5.74, 6) is 0.250. The van der Waals surface area contributed by atoms with Crippen LogP contribution in [0.25, 0.3) is 0 Å². The molecule has 0 saturated carbocycles. The van der Waals surface area contributed by atoms with E-state index in [9.17, 15) is 4.79 Å². The zero-order valence-electron chi connectivity index (χ0n) is 13.0. The number of carbonyl (C=O) groups excluding carboxylic acids is 1. The fourth-order valence-corrected chi connectivity index (χ4v) is 2.92. The number of hydrogen-bond acceptors (Lipinski definition) is 2. The molecule has 3 heteroatoms. The molecule has 106 valence electrons. The van der Waals surface area contributed by atoms with Crippen molar-refractivity contribution in [3.63, 3.8) is 0 Å². The molecule has 0 spiro atoms. The summed E-state index contributed by atoms with van der Waals surface area (Å²) in [6.07, 6.45) is 0.457. The van der Waals surface area contributed by atoms with Crippen LogP contribution in [-0.2, 0) is 9.22 Å². The maximum absolute atomic E-state index is 12.6. The highest BCUT2D eigenvalue weighted by Gasteiger charge is 2.31. The van der Waals surface area contributed by atoms with Crippen molar-refractivity contribution in [3.8, 4) is 0 Å². The number of carbonyl (C=O) groups is 1. The molecule has 19 heavy (non-hydrogen) atoms. The van der Waals surface area contributed by atoms with E-state index in [1.54, 1.807) is 0 Å². The zero-order valence-corrected chi connectivity index (χ0v) is 14.0. The minimum atomic E-state index is -1.77. The van der Waals surface area contributed by atoms with Gasteiger partial charge in [-0.3, -0.25) is 4.79 Å². The smallest absolute Gasteiger partial charge is 0.185 e. The standard InChI is InChI=1S/C16H26O2Si/c1-7-12(2)15(17)16(18-19(4,5)6)14-11-9-8-10-13(14)3/h8-12,16H,7H2,1-6H3. The van der Waals surface area contributed by atoms with Gasteiger partial charge in [-0.2, -0.15) is 0 Å².